The Morgan fingerprint density at radius 3 is 2.54 bits per heavy atom. The van der Waals surface area contributed by atoms with Gasteiger partial charge in [-0.2, -0.15) is 0 Å². The van der Waals surface area contributed by atoms with Gasteiger partial charge in [-0.1, -0.05) is 30.3 Å². The van der Waals surface area contributed by atoms with Gasteiger partial charge in [-0.15, -0.1) is 0 Å². The molecular formula is C11H14O2. The van der Waals surface area contributed by atoms with Crippen molar-refractivity contribution in [3.05, 3.63) is 35.9 Å². The maximum absolute atomic E-state index is 5.71. The Balaban J connectivity index is 2.26. The zero-order chi connectivity index (χ0) is 9.31. The highest BCUT2D eigenvalue weighted by molar-refractivity contribution is 5.20. The van der Waals surface area contributed by atoms with Crippen LogP contribution in [-0.4, -0.2) is 12.7 Å². The van der Waals surface area contributed by atoms with E-state index in [0.717, 1.165) is 5.56 Å². The largest absolute Gasteiger partial charge is 0.343 e. The maximum Gasteiger partial charge on any atom is 0.192 e. The molecular weight excluding hydrogens is 164 g/mol. The summed E-state index contributed by atoms with van der Waals surface area (Å²) in [6, 6.07) is 10.0. The van der Waals surface area contributed by atoms with E-state index in [-0.39, 0.29) is 6.10 Å². The van der Waals surface area contributed by atoms with Crippen molar-refractivity contribution >= 4 is 0 Å². The van der Waals surface area contributed by atoms with Gasteiger partial charge in [0.15, 0.2) is 5.79 Å². The fourth-order valence-electron chi connectivity index (χ4n) is 1.62. The lowest BCUT2D eigenvalue weighted by atomic mass is 10.1. The standard InChI is InChI=1S/C11H14O2/c1-9-8-12-11(2,13-9)10-6-4-3-5-7-10/h3-7,9H,8H2,1-2H3. The average Bonchev–Trinajstić information content (AvgIpc) is 2.49. The van der Waals surface area contributed by atoms with E-state index in [2.05, 4.69) is 0 Å². The molecule has 2 unspecified atom stereocenters. The Morgan fingerprint density at radius 1 is 1.31 bits per heavy atom. The SMILES string of the molecule is CC1COC(C)(c2ccccc2)O1. The van der Waals surface area contributed by atoms with Gasteiger partial charge in [0, 0.05) is 5.56 Å². The third-order valence-electron chi connectivity index (χ3n) is 2.32. The predicted molar refractivity (Wildman–Crippen MR) is 50.3 cm³/mol. The van der Waals surface area contributed by atoms with Crippen molar-refractivity contribution in [2.45, 2.75) is 25.7 Å². The van der Waals surface area contributed by atoms with E-state index in [1.807, 2.05) is 44.2 Å². The molecule has 0 aliphatic carbocycles. The van der Waals surface area contributed by atoms with Crippen LogP contribution in [0, 0.1) is 0 Å². The van der Waals surface area contributed by atoms with Gasteiger partial charge in [0.1, 0.15) is 0 Å². The molecule has 2 rings (SSSR count). The molecule has 1 aromatic rings. The van der Waals surface area contributed by atoms with Gasteiger partial charge >= 0.3 is 0 Å². The van der Waals surface area contributed by atoms with Crippen LogP contribution in [0.1, 0.15) is 19.4 Å². The first kappa shape index (κ1) is 8.73. The number of rotatable bonds is 1. The summed E-state index contributed by atoms with van der Waals surface area (Å²) in [5.41, 5.74) is 1.08. The van der Waals surface area contributed by atoms with Gasteiger partial charge in [-0.3, -0.25) is 0 Å². The van der Waals surface area contributed by atoms with E-state index in [1.165, 1.54) is 0 Å². The van der Waals surface area contributed by atoms with Crippen molar-refractivity contribution in [2.75, 3.05) is 6.61 Å². The van der Waals surface area contributed by atoms with Crippen molar-refractivity contribution in [3.8, 4) is 0 Å². The lowest BCUT2D eigenvalue weighted by molar-refractivity contribution is -0.159. The molecule has 0 N–H and O–H groups in total. The molecule has 1 aliphatic heterocycles. The van der Waals surface area contributed by atoms with Gasteiger partial charge < -0.3 is 9.47 Å². The van der Waals surface area contributed by atoms with Crippen LogP contribution < -0.4 is 0 Å². The third kappa shape index (κ3) is 1.60. The fourth-order valence-corrected chi connectivity index (χ4v) is 1.62. The predicted octanol–water partition coefficient (Wildman–Crippen LogP) is 2.29. The minimum absolute atomic E-state index is 0.185. The highest BCUT2D eigenvalue weighted by atomic mass is 16.7. The minimum atomic E-state index is -0.541. The second-order valence-corrected chi connectivity index (χ2v) is 3.55. The summed E-state index contributed by atoms with van der Waals surface area (Å²) in [6.45, 7) is 4.66. The zero-order valence-corrected chi connectivity index (χ0v) is 7.99. The lowest BCUT2D eigenvalue weighted by Gasteiger charge is -2.23. The van der Waals surface area contributed by atoms with E-state index in [4.69, 9.17) is 9.47 Å². The molecule has 2 nitrogen and oxygen atoms in total. The third-order valence-corrected chi connectivity index (χ3v) is 2.32. The van der Waals surface area contributed by atoms with Crippen LogP contribution in [0.25, 0.3) is 0 Å². The van der Waals surface area contributed by atoms with Gasteiger partial charge in [0.25, 0.3) is 0 Å². The van der Waals surface area contributed by atoms with Gasteiger partial charge in [0.05, 0.1) is 12.7 Å². The van der Waals surface area contributed by atoms with Crippen molar-refractivity contribution < 1.29 is 9.47 Å². The summed E-state index contributed by atoms with van der Waals surface area (Å²) in [4.78, 5) is 0. The van der Waals surface area contributed by atoms with Crippen LogP contribution in [0.4, 0.5) is 0 Å². The molecule has 70 valence electrons. The maximum atomic E-state index is 5.71. The van der Waals surface area contributed by atoms with Crippen LogP contribution in [-0.2, 0) is 15.3 Å². The number of benzene rings is 1. The van der Waals surface area contributed by atoms with Gasteiger partial charge in [-0.05, 0) is 13.8 Å². The molecule has 0 amide bonds. The first-order valence-electron chi connectivity index (χ1n) is 4.58. The van der Waals surface area contributed by atoms with Crippen molar-refractivity contribution in [2.24, 2.45) is 0 Å². The topological polar surface area (TPSA) is 18.5 Å². The summed E-state index contributed by atoms with van der Waals surface area (Å²) in [5, 5.41) is 0. The van der Waals surface area contributed by atoms with Crippen molar-refractivity contribution in [3.63, 3.8) is 0 Å². The molecule has 0 saturated carbocycles. The fraction of sp³-hybridized carbons (Fsp3) is 0.455. The second-order valence-electron chi connectivity index (χ2n) is 3.55. The Labute approximate surface area is 78.5 Å². The summed E-state index contributed by atoms with van der Waals surface area (Å²) in [5.74, 6) is -0.541. The summed E-state index contributed by atoms with van der Waals surface area (Å²) >= 11 is 0. The molecule has 2 heteroatoms. The molecule has 1 fully saturated rings. The summed E-state index contributed by atoms with van der Waals surface area (Å²) in [7, 11) is 0. The van der Waals surface area contributed by atoms with Gasteiger partial charge in [0.2, 0.25) is 0 Å². The Morgan fingerprint density at radius 2 is 2.00 bits per heavy atom. The Hall–Kier alpha value is -0.860. The summed E-state index contributed by atoms with van der Waals surface area (Å²) in [6.07, 6.45) is 0.185. The highest BCUT2D eigenvalue weighted by Crippen LogP contribution is 2.33. The monoisotopic (exact) mass is 178 g/mol. The van der Waals surface area contributed by atoms with Crippen LogP contribution in [0.3, 0.4) is 0 Å². The molecule has 0 radical (unpaired) electrons. The van der Waals surface area contributed by atoms with E-state index in [1.54, 1.807) is 0 Å². The van der Waals surface area contributed by atoms with E-state index >= 15 is 0 Å². The number of hydrogen-bond acceptors (Lipinski definition) is 2. The molecule has 0 bridgehead atoms. The van der Waals surface area contributed by atoms with Crippen LogP contribution in [0.2, 0.25) is 0 Å². The number of hydrogen-bond donors (Lipinski definition) is 0. The number of ether oxygens (including phenoxy) is 2. The van der Waals surface area contributed by atoms with Crippen LogP contribution >= 0.6 is 0 Å². The second kappa shape index (κ2) is 3.13. The Bertz CT molecular complexity index is 283. The first-order valence-corrected chi connectivity index (χ1v) is 4.58. The molecule has 2 atom stereocenters. The molecule has 0 aromatic heterocycles. The van der Waals surface area contributed by atoms with Crippen LogP contribution in [0.5, 0.6) is 0 Å². The van der Waals surface area contributed by atoms with Gasteiger partial charge in [-0.25, -0.2) is 0 Å². The lowest BCUT2D eigenvalue weighted by Crippen LogP contribution is -2.23. The smallest absolute Gasteiger partial charge is 0.192 e. The van der Waals surface area contributed by atoms with Crippen molar-refractivity contribution in [1.82, 2.24) is 0 Å². The van der Waals surface area contributed by atoms with Crippen LogP contribution in [0.15, 0.2) is 30.3 Å². The highest BCUT2D eigenvalue weighted by Gasteiger charge is 2.36. The molecule has 1 aromatic carbocycles. The first-order chi connectivity index (χ1) is 6.21. The molecule has 1 saturated heterocycles. The zero-order valence-electron chi connectivity index (χ0n) is 7.99. The van der Waals surface area contributed by atoms with E-state index in [0.29, 0.717) is 6.61 Å². The van der Waals surface area contributed by atoms with E-state index in [9.17, 15) is 0 Å². The Kier molecular flexibility index (Phi) is 2.10. The normalized spacial score (nSPS) is 33.5. The van der Waals surface area contributed by atoms with E-state index < -0.39 is 5.79 Å². The van der Waals surface area contributed by atoms with Crippen molar-refractivity contribution in [1.29, 1.82) is 0 Å². The molecule has 1 heterocycles. The average molecular weight is 178 g/mol. The quantitative estimate of drug-likeness (QED) is 0.657. The molecule has 13 heavy (non-hydrogen) atoms. The minimum Gasteiger partial charge on any atom is -0.343 e. The molecule has 1 aliphatic rings. The summed E-state index contributed by atoms with van der Waals surface area (Å²) < 4.78 is 11.3. The molecule has 0 spiro atoms.